The molecule has 0 aromatic carbocycles. The van der Waals surface area contributed by atoms with E-state index in [0.717, 1.165) is 31.4 Å². The molecule has 2 rings (SSSR count). The van der Waals surface area contributed by atoms with Crippen LogP contribution in [0.3, 0.4) is 0 Å². The van der Waals surface area contributed by atoms with Gasteiger partial charge in [0.05, 0.1) is 11.1 Å². The molecule has 0 aliphatic heterocycles. The topological polar surface area (TPSA) is 68.0 Å². The van der Waals surface area contributed by atoms with E-state index < -0.39 is 5.41 Å². The average Bonchev–Trinajstić information content (AvgIpc) is 2.88. The number of amides is 1. The van der Waals surface area contributed by atoms with Gasteiger partial charge >= 0.3 is 0 Å². The van der Waals surface area contributed by atoms with E-state index in [1.165, 1.54) is 11.3 Å². The first-order valence-electron chi connectivity index (χ1n) is 7.74. The summed E-state index contributed by atoms with van der Waals surface area (Å²) in [5.41, 5.74) is 6.55. The standard InChI is InChI=1S/C16H27N3OS/c1-11-5-7-16(10-17,8-6-11)13(20)19-14-18-12(9-21-14)15(2,3)4/h9,11H,5-8,10,17H2,1-4H3,(H,18,19,20). The number of carbonyl (C=O) groups is 1. The predicted molar refractivity (Wildman–Crippen MR) is 88.6 cm³/mol. The van der Waals surface area contributed by atoms with Crippen molar-refractivity contribution >= 4 is 22.4 Å². The Labute approximate surface area is 131 Å². The molecule has 1 aliphatic carbocycles. The molecule has 118 valence electrons. The average molecular weight is 309 g/mol. The second-order valence-corrected chi connectivity index (χ2v) is 8.27. The highest BCUT2D eigenvalue weighted by Gasteiger charge is 2.40. The Bertz CT molecular complexity index is 496. The van der Waals surface area contributed by atoms with E-state index in [1.54, 1.807) is 0 Å². The molecule has 0 spiro atoms. The Morgan fingerprint density at radius 2 is 2.10 bits per heavy atom. The van der Waals surface area contributed by atoms with Gasteiger partial charge in [0.2, 0.25) is 5.91 Å². The van der Waals surface area contributed by atoms with Gasteiger partial charge in [-0.2, -0.15) is 0 Å². The number of thiazole rings is 1. The van der Waals surface area contributed by atoms with Crippen LogP contribution in [0, 0.1) is 11.3 Å². The van der Waals surface area contributed by atoms with Gasteiger partial charge in [-0.15, -0.1) is 11.3 Å². The lowest BCUT2D eigenvalue weighted by Gasteiger charge is -2.36. The Balaban J connectivity index is 2.08. The van der Waals surface area contributed by atoms with Gasteiger partial charge in [-0.3, -0.25) is 4.79 Å². The van der Waals surface area contributed by atoms with E-state index in [9.17, 15) is 4.79 Å². The lowest BCUT2D eigenvalue weighted by Crippen LogP contribution is -2.44. The van der Waals surface area contributed by atoms with E-state index in [-0.39, 0.29) is 11.3 Å². The minimum atomic E-state index is -0.403. The van der Waals surface area contributed by atoms with Crippen molar-refractivity contribution in [2.45, 2.75) is 58.8 Å². The molecular formula is C16H27N3OS. The third-order valence-electron chi connectivity index (χ3n) is 4.60. The monoisotopic (exact) mass is 309 g/mol. The molecule has 1 saturated carbocycles. The van der Waals surface area contributed by atoms with Crippen LogP contribution < -0.4 is 11.1 Å². The van der Waals surface area contributed by atoms with Crippen molar-refractivity contribution in [3.63, 3.8) is 0 Å². The molecule has 0 bridgehead atoms. The maximum atomic E-state index is 12.7. The number of hydrogen-bond donors (Lipinski definition) is 2. The number of aromatic nitrogens is 1. The van der Waals surface area contributed by atoms with Gasteiger partial charge in [-0.1, -0.05) is 27.7 Å². The van der Waals surface area contributed by atoms with Crippen molar-refractivity contribution in [3.05, 3.63) is 11.1 Å². The van der Waals surface area contributed by atoms with Crippen LogP contribution in [0.25, 0.3) is 0 Å². The molecule has 0 saturated heterocycles. The smallest absolute Gasteiger partial charge is 0.233 e. The molecule has 3 N–H and O–H groups in total. The summed E-state index contributed by atoms with van der Waals surface area (Å²) in [7, 11) is 0. The zero-order valence-corrected chi connectivity index (χ0v) is 14.3. The largest absolute Gasteiger partial charge is 0.329 e. The summed E-state index contributed by atoms with van der Waals surface area (Å²) in [6.45, 7) is 9.03. The maximum absolute atomic E-state index is 12.7. The Morgan fingerprint density at radius 3 is 2.57 bits per heavy atom. The minimum Gasteiger partial charge on any atom is -0.329 e. The first kappa shape index (κ1) is 16.4. The zero-order chi connectivity index (χ0) is 15.7. The van der Waals surface area contributed by atoms with Gasteiger partial charge in [0, 0.05) is 17.3 Å². The molecule has 1 amide bonds. The SMILES string of the molecule is CC1CCC(CN)(C(=O)Nc2nc(C(C)(C)C)cs2)CC1. The molecule has 1 aromatic rings. The fourth-order valence-corrected chi connectivity index (χ4v) is 3.68. The van der Waals surface area contributed by atoms with Gasteiger partial charge in [0.15, 0.2) is 5.13 Å². The Kier molecular flexibility index (Phi) is 4.73. The third kappa shape index (κ3) is 3.64. The molecule has 5 heteroatoms. The molecule has 0 atom stereocenters. The third-order valence-corrected chi connectivity index (χ3v) is 5.35. The van der Waals surface area contributed by atoms with Crippen LogP contribution in [0.5, 0.6) is 0 Å². The van der Waals surface area contributed by atoms with Crippen LogP contribution in [0.2, 0.25) is 0 Å². The molecule has 4 nitrogen and oxygen atoms in total. The summed E-state index contributed by atoms with van der Waals surface area (Å²) in [5, 5.41) is 5.71. The highest BCUT2D eigenvalue weighted by Crippen LogP contribution is 2.39. The number of rotatable bonds is 3. The number of nitrogens with two attached hydrogens (primary N) is 1. The summed E-state index contributed by atoms with van der Waals surface area (Å²) in [4.78, 5) is 17.2. The molecule has 21 heavy (non-hydrogen) atoms. The van der Waals surface area contributed by atoms with Crippen LogP contribution in [0.15, 0.2) is 5.38 Å². The lowest BCUT2D eigenvalue weighted by atomic mass is 9.70. The Morgan fingerprint density at radius 1 is 1.48 bits per heavy atom. The summed E-state index contributed by atoms with van der Waals surface area (Å²) in [6.07, 6.45) is 3.92. The highest BCUT2D eigenvalue weighted by molar-refractivity contribution is 7.14. The van der Waals surface area contributed by atoms with E-state index >= 15 is 0 Å². The summed E-state index contributed by atoms with van der Waals surface area (Å²) in [6, 6.07) is 0. The minimum absolute atomic E-state index is 0.00526. The zero-order valence-electron chi connectivity index (χ0n) is 13.5. The van der Waals surface area contributed by atoms with Gasteiger partial charge in [-0.05, 0) is 31.6 Å². The maximum Gasteiger partial charge on any atom is 0.233 e. The van der Waals surface area contributed by atoms with Crippen molar-refractivity contribution in [3.8, 4) is 0 Å². The summed E-state index contributed by atoms with van der Waals surface area (Å²) < 4.78 is 0. The van der Waals surface area contributed by atoms with E-state index in [2.05, 4.69) is 38.0 Å². The summed E-state index contributed by atoms with van der Waals surface area (Å²) in [5.74, 6) is 0.747. The van der Waals surface area contributed by atoms with Crippen LogP contribution >= 0.6 is 11.3 Å². The van der Waals surface area contributed by atoms with Gasteiger partial charge < -0.3 is 11.1 Å². The molecule has 0 unspecified atom stereocenters. The first-order chi connectivity index (χ1) is 9.77. The molecular weight excluding hydrogens is 282 g/mol. The number of anilines is 1. The molecule has 1 aliphatic rings. The second-order valence-electron chi connectivity index (χ2n) is 7.41. The van der Waals surface area contributed by atoms with Gasteiger partial charge in [-0.25, -0.2) is 4.98 Å². The molecule has 0 radical (unpaired) electrons. The van der Waals surface area contributed by atoms with Crippen molar-refractivity contribution in [1.29, 1.82) is 0 Å². The number of nitrogens with zero attached hydrogens (tertiary/aromatic N) is 1. The second kappa shape index (κ2) is 6.05. The van der Waals surface area contributed by atoms with Crippen LogP contribution in [0.4, 0.5) is 5.13 Å². The Hall–Kier alpha value is -0.940. The first-order valence-corrected chi connectivity index (χ1v) is 8.62. The van der Waals surface area contributed by atoms with Gasteiger partial charge in [0.1, 0.15) is 0 Å². The lowest BCUT2D eigenvalue weighted by molar-refractivity contribution is -0.127. The quantitative estimate of drug-likeness (QED) is 0.897. The van der Waals surface area contributed by atoms with Crippen molar-refractivity contribution < 1.29 is 4.79 Å². The normalized spacial score (nSPS) is 26.6. The fraction of sp³-hybridized carbons (Fsp3) is 0.750. The van der Waals surface area contributed by atoms with E-state index in [4.69, 9.17) is 5.73 Å². The van der Waals surface area contributed by atoms with Crippen molar-refractivity contribution in [2.75, 3.05) is 11.9 Å². The molecule has 1 heterocycles. The predicted octanol–water partition coefficient (Wildman–Crippen LogP) is 3.53. The van der Waals surface area contributed by atoms with E-state index in [0.29, 0.717) is 17.6 Å². The summed E-state index contributed by atoms with van der Waals surface area (Å²) >= 11 is 1.49. The highest BCUT2D eigenvalue weighted by atomic mass is 32.1. The number of nitrogens with one attached hydrogen (secondary N) is 1. The van der Waals surface area contributed by atoms with Crippen LogP contribution in [0.1, 0.15) is 59.1 Å². The van der Waals surface area contributed by atoms with Crippen LogP contribution in [-0.4, -0.2) is 17.4 Å². The van der Waals surface area contributed by atoms with Crippen molar-refractivity contribution in [1.82, 2.24) is 4.98 Å². The fourth-order valence-electron chi connectivity index (χ4n) is 2.74. The molecule has 1 fully saturated rings. The van der Waals surface area contributed by atoms with Crippen LogP contribution in [-0.2, 0) is 10.2 Å². The number of carbonyl (C=O) groups excluding carboxylic acids is 1. The molecule has 1 aromatic heterocycles. The number of hydrogen-bond acceptors (Lipinski definition) is 4. The van der Waals surface area contributed by atoms with E-state index in [1.807, 2.05) is 5.38 Å². The van der Waals surface area contributed by atoms with Gasteiger partial charge in [0.25, 0.3) is 0 Å². The van der Waals surface area contributed by atoms with Crippen molar-refractivity contribution in [2.24, 2.45) is 17.1 Å².